The monoisotopic (exact) mass is 490 g/mol. The number of aromatic nitrogens is 1. The average molecular weight is 490 g/mol. The second-order valence-corrected chi connectivity index (χ2v) is 5.81. The van der Waals surface area contributed by atoms with Crippen LogP contribution in [0.1, 0.15) is 5.56 Å². The fourth-order valence-electron chi connectivity index (χ4n) is 2.64. The lowest BCUT2D eigenvalue weighted by atomic mass is 10.1. The zero-order valence-corrected chi connectivity index (χ0v) is 18.1. The Bertz CT molecular complexity index is 933. The van der Waals surface area contributed by atoms with E-state index in [0.717, 1.165) is 22.5 Å². The summed E-state index contributed by atoms with van der Waals surface area (Å²) in [5, 5.41) is 3.06. The summed E-state index contributed by atoms with van der Waals surface area (Å²) in [4.78, 5) is 8.79. The van der Waals surface area contributed by atoms with E-state index >= 15 is 0 Å². The fraction of sp³-hybridized carbons (Fsp3) is 0.143. The summed E-state index contributed by atoms with van der Waals surface area (Å²) < 4.78 is 10.5. The molecule has 0 saturated carbocycles. The van der Waals surface area contributed by atoms with Crippen molar-refractivity contribution in [1.82, 2.24) is 4.98 Å². The van der Waals surface area contributed by atoms with Crippen molar-refractivity contribution in [2.75, 3.05) is 19.5 Å². The van der Waals surface area contributed by atoms with E-state index in [1.807, 2.05) is 54.6 Å². The van der Waals surface area contributed by atoms with Crippen molar-refractivity contribution in [3.05, 3.63) is 72.4 Å². The predicted octanol–water partition coefficient (Wildman–Crippen LogP) is 4.31. The first kappa shape index (κ1) is 21.5. The number of nitrogens with two attached hydrogens (primary N) is 1. The predicted molar refractivity (Wildman–Crippen MR) is 124 cm³/mol. The SMILES string of the molecule is COc1ccc(NC(N)=NCc2cccc(-c3ccccn3)c2)cc1OC.I. The Morgan fingerprint density at radius 1 is 1.00 bits per heavy atom. The average Bonchev–Trinajstić information content (AvgIpc) is 2.73. The third-order valence-electron chi connectivity index (χ3n) is 3.98. The number of methoxy groups -OCH3 is 2. The van der Waals surface area contributed by atoms with Crippen molar-refractivity contribution in [2.24, 2.45) is 10.7 Å². The molecule has 3 N–H and O–H groups in total. The Labute approximate surface area is 181 Å². The van der Waals surface area contributed by atoms with Crippen molar-refractivity contribution < 1.29 is 9.47 Å². The topological polar surface area (TPSA) is 81.8 Å². The first-order chi connectivity index (χ1) is 13.2. The molecule has 0 amide bonds. The highest BCUT2D eigenvalue weighted by atomic mass is 127. The van der Waals surface area contributed by atoms with Crippen LogP contribution in [0.3, 0.4) is 0 Å². The van der Waals surface area contributed by atoms with Gasteiger partial charge in [-0.05, 0) is 35.9 Å². The standard InChI is InChI=1S/C21H22N4O2.HI/c1-26-19-10-9-17(13-20(19)27-2)25-21(22)24-14-15-6-5-7-16(12-15)18-8-3-4-11-23-18;/h3-13H,14H2,1-2H3,(H3,22,24,25);1H. The molecule has 6 nitrogen and oxygen atoms in total. The van der Waals surface area contributed by atoms with Crippen LogP contribution in [0.2, 0.25) is 0 Å². The Kier molecular flexibility index (Phi) is 8.06. The molecule has 0 aliphatic carbocycles. The minimum atomic E-state index is 0. The van der Waals surface area contributed by atoms with E-state index in [-0.39, 0.29) is 24.0 Å². The number of nitrogens with zero attached hydrogens (tertiary/aromatic N) is 2. The highest BCUT2D eigenvalue weighted by Crippen LogP contribution is 2.29. The number of hydrogen-bond donors (Lipinski definition) is 2. The Hall–Kier alpha value is -2.81. The van der Waals surface area contributed by atoms with Gasteiger partial charge in [-0.25, -0.2) is 4.99 Å². The summed E-state index contributed by atoms with van der Waals surface area (Å²) in [7, 11) is 3.19. The lowest BCUT2D eigenvalue weighted by Crippen LogP contribution is -2.22. The Morgan fingerprint density at radius 2 is 1.82 bits per heavy atom. The molecule has 1 heterocycles. The summed E-state index contributed by atoms with van der Waals surface area (Å²) in [6.07, 6.45) is 1.78. The molecule has 28 heavy (non-hydrogen) atoms. The van der Waals surface area contributed by atoms with Crippen LogP contribution in [0.5, 0.6) is 11.5 Å². The van der Waals surface area contributed by atoms with E-state index in [2.05, 4.69) is 21.4 Å². The van der Waals surface area contributed by atoms with Gasteiger partial charge in [-0.15, -0.1) is 24.0 Å². The molecule has 3 rings (SSSR count). The molecule has 7 heteroatoms. The summed E-state index contributed by atoms with van der Waals surface area (Å²) in [5.74, 6) is 1.61. The lowest BCUT2D eigenvalue weighted by Gasteiger charge is -2.11. The van der Waals surface area contributed by atoms with Gasteiger partial charge in [0, 0.05) is 23.5 Å². The van der Waals surface area contributed by atoms with E-state index in [0.29, 0.717) is 24.0 Å². The summed E-state index contributed by atoms with van der Waals surface area (Å²) in [6, 6.07) is 19.4. The van der Waals surface area contributed by atoms with Crippen LogP contribution < -0.4 is 20.5 Å². The van der Waals surface area contributed by atoms with E-state index in [1.165, 1.54) is 0 Å². The van der Waals surface area contributed by atoms with Gasteiger partial charge in [-0.3, -0.25) is 4.98 Å². The summed E-state index contributed by atoms with van der Waals surface area (Å²) in [6.45, 7) is 0.465. The van der Waals surface area contributed by atoms with Gasteiger partial charge in [0.25, 0.3) is 0 Å². The van der Waals surface area contributed by atoms with E-state index in [4.69, 9.17) is 15.2 Å². The number of rotatable bonds is 6. The Morgan fingerprint density at radius 3 is 2.54 bits per heavy atom. The van der Waals surface area contributed by atoms with Crippen LogP contribution in [0.4, 0.5) is 5.69 Å². The Balaban J connectivity index is 0.00000280. The van der Waals surface area contributed by atoms with E-state index < -0.39 is 0 Å². The maximum atomic E-state index is 6.02. The van der Waals surface area contributed by atoms with Crippen molar-refractivity contribution in [3.8, 4) is 22.8 Å². The van der Waals surface area contributed by atoms with Crippen molar-refractivity contribution in [2.45, 2.75) is 6.54 Å². The molecule has 1 aromatic heterocycles. The number of aliphatic imine (C=N–C) groups is 1. The summed E-state index contributed by atoms with van der Waals surface area (Å²) in [5.41, 5.74) is 9.83. The zero-order valence-electron chi connectivity index (χ0n) is 15.8. The molecule has 2 aromatic carbocycles. The molecule has 0 spiro atoms. The van der Waals surface area contributed by atoms with Crippen molar-refractivity contribution in [3.63, 3.8) is 0 Å². The maximum Gasteiger partial charge on any atom is 0.193 e. The fourth-order valence-corrected chi connectivity index (χ4v) is 2.64. The third-order valence-corrected chi connectivity index (χ3v) is 3.98. The number of halogens is 1. The first-order valence-electron chi connectivity index (χ1n) is 8.49. The second kappa shape index (κ2) is 10.5. The van der Waals surface area contributed by atoms with Crippen LogP contribution in [0, 0.1) is 0 Å². The highest BCUT2D eigenvalue weighted by molar-refractivity contribution is 14.0. The number of benzene rings is 2. The lowest BCUT2D eigenvalue weighted by molar-refractivity contribution is 0.355. The molecule has 146 valence electrons. The van der Waals surface area contributed by atoms with Gasteiger partial charge in [-0.2, -0.15) is 0 Å². The maximum absolute atomic E-state index is 6.02. The van der Waals surface area contributed by atoms with Crippen molar-refractivity contribution in [1.29, 1.82) is 0 Å². The van der Waals surface area contributed by atoms with Crippen LogP contribution in [-0.4, -0.2) is 25.2 Å². The first-order valence-corrected chi connectivity index (χ1v) is 8.49. The largest absolute Gasteiger partial charge is 0.493 e. The van der Waals surface area contributed by atoms with Crippen LogP contribution >= 0.6 is 24.0 Å². The second-order valence-electron chi connectivity index (χ2n) is 5.81. The quantitative estimate of drug-likeness (QED) is 0.306. The highest BCUT2D eigenvalue weighted by Gasteiger charge is 2.05. The van der Waals surface area contributed by atoms with E-state index in [1.54, 1.807) is 20.4 Å². The van der Waals surface area contributed by atoms with Gasteiger partial charge in [0.15, 0.2) is 17.5 Å². The smallest absolute Gasteiger partial charge is 0.193 e. The van der Waals surface area contributed by atoms with Crippen LogP contribution in [0.25, 0.3) is 11.3 Å². The van der Waals surface area contributed by atoms with Gasteiger partial charge in [-0.1, -0.05) is 24.3 Å². The molecular formula is C21H23IN4O2. The van der Waals surface area contributed by atoms with Crippen LogP contribution in [0.15, 0.2) is 71.9 Å². The number of guanidine groups is 1. The molecule has 0 saturated heterocycles. The number of ether oxygens (including phenoxy) is 2. The molecule has 0 radical (unpaired) electrons. The van der Waals surface area contributed by atoms with Gasteiger partial charge in [0.05, 0.1) is 26.5 Å². The molecule has 3 aromatic rings. The minimum absolute atomic E-state index is 0. The van der Waals surface area contributed by atoms with Gasteiger partial charge < -0.3 is 20.5 Å². The number of anilines is 1. The van der Waals surface area contributed by atoms with Gasteiger partial charge in [0.2, 0.25) is 0 Å². The number of pyridine rings is 1. The van der Waals surface area contributed by atoms with Crippen LogP contribution in [-0.2, 0) is 6.54 Å². The number of nitrogens with one attached hydrogen (secondary N) is 1. The molecular weight excluding hydrogens is 467 g/mol. The molecule has 0 aliphatic heterocycles. The molecule has 0 unspecified atom stereocenters. The minimum Gasteiger partial charge on any atom is -0.493 e. The number of hydrogen-bond acceptors (Lipinski definition) is 4. The van der Waals surface area contributed by atoms with E-state index in [9.17, 15) is 0 Å². The molecule has 0 aliphatic rings. The zero-order chi connectivity index (χ0) is 19.1. The summed E-state index contributed by atoms with van der Waals surface area (Å²) >= 11 is 0. The molecule has 0 fully saturated rings. The van der Waals surface area contributed by atoms with Gasteiger partial charge in [0.1, 0.15) is 0 Å². The third kappa shape index (κ3) is 5.59. The normalized spacial score (nSPS) is 10.7. The molecule has 0 bridgehead atoms. The van der Waals surface area contributed by atoms with Gasteiger partial charge >= 0.3 is 0 Å². The van der Waals surface area contributed by atoms with Crippen molar-refractivity contribution >= 4 is 35.6 Å². The molecule has 0 atom stereocenters.